The van der Waals surface area contributed by atoms with Crippen molar-refractivity contribution < 1.29 is 32.3 Å². The highest BCUT2D eigenvalue weighted by molar-refractivity contribution is 6.03. The van der Waals surface area contributed by atoms with Crippen LogP contribution in [0.25, 0.3) is 0 Å². The van der Waals surface area contributed by atoms with Crippen LogP contribution >= 0.6 is 0 Å². The Morgan fingerprint density at radius 1 is 0.919 bits per heavy atom. The molecule has 1 atom stereocenters. The molecule has 194 valence electrons. The lowest BCUT2D eigenvalue weighted by atomic mass is 10.0. The molecule has 3 aromatic rings. The lowest BCUT2D eigenvalue weighted by Crippen LogP contribution is -2.30. The maximum atomic E-state index is 13.1. The predicted octanol–water partition coefficient (Wildman–Crippen LogP) is 4.83. The monoisotopic (exact) mass is 512 g/mol. The predicted molar refractivity (Wildman–Crippen MR) is 132 cm³/mol. The third kappa shape index (κ3) is 8.49. The third-order valence-corrected chi connectivity index (χ3v) is 5.63. The van der Waals surface area contributed by atoms with Crippen LogP contribution in [0.1, 0.15) is 44.7 Å². The van der Waals surface area contributed by atoms with E-state index >= 15 is 0 Å². The van der Waals surface area contributed by atoms with E-state index in [0.29, 0.717) is 36.8 Å². The molecule has 37 heavy (non-hydrogen) atoms. The number of aryl methyl sites for hydroxylation is 1. The maximum Gasteiger partial charge on any atom is 0.416 e. The van der Waals surface area contributed by atoms with Gasteiger partial charge in [0.15, 0.2) is 5.78 Å². The standard InChI is InChI=1S/C28H27F3N2O4/c29-28(30,31)22-10-6-7-20(17-22)13-14-23(15-16-32-19-34)37-26-12-5-4-11-24(26)27(36)33-18-25(35)21-8-2-1-3-9-21/h1-12,17,19,23H,13-16,18H2,(H,32,34)(H,33,36). The Morgan fingerprint density at radius 2 is 1.65 bits per heavy atom. The summed E-state index contributed by atoms with van der Waals surface area (Å²) in [5.41, 5.74) is 0.467. The van der Waals surface area contributed by atoms with Gasteiger partial charge >= 0.3 is 6.18 Å². The molecule has 3 rings (SSSR count). The number of hydrogen-bond donors (Lipinski definition) is 2. The molecule has 0 heterocycles. The summed E-state index contributed by atoms with van der Waals surface area (Å²) in [6.07, 6.45) is -3.36. The molecule has 9 heteroatoms. The molecule has 0 radical (unpaired) electrons. The number of nitrogens with one attached hydrogen (secondary N) is 2. The van der Waals surface area contributed by atoms with Crippen molar-refractivity contribution in [3.8, 4) is 5.75 Å². The minimum atomic E-state index is -4.44. The van der Waals surface area contributed by atoms with E-state index in [-0.39, 0.29) is 30.2 Å². The van der Waals surface area contributed by atoms with Crippen molar-refractivity contribution in [2.45, 2.75) is 31.5 Å². The van der Waals surface area contributed by atoms with Gasteiger partial charge in [-0.15, -0.1) is 0 Å². The van der Waals surface area contributed by atoms with E-state index in [1.165, 1.54) is 6.07 Å². The first-order chi connectivity index (χ1) is 17.8. The average Bonchev–Trinajstić information content (AvgIpc) is 2.90. The van der Waals surface area contributed by atoms with E-state index in [4.69, 9.17) is 4.74 Å². The van der Waals surface area contributed by atoms with Crippen LogP contribution in [0.5, 0.6) is 5.75 Å². The number of amides is 2. The van der Waals surface area contributed by atoms with E-state index < -0.39 is 23.8 Å². The van der Waals surface area contributed by atoms with Gasteiger partial charge in [-0.3, -0.25) is 14.4 Å². The first-order valence-electron chi connectivity index (χ1n) is 11.7. The number of carbonyl (C=O) groups is 3. The summed E-state index contributed by atoms with van der Waals surface area (Å²) in [7, 11) is 0. The van der Waals surface area contributed by atoms with E-state index in [2.05, 4.69) is 10.6 Å². The Morgan fingerprint density at radius 3 is 2.38 bits per heavy atom. The normalized spacial score (nSPS) is 11.9. The van der Waals surface area contributed by atoms with Gasteiger partial charge in [-0.2, -0.15) is 13.2 Å². The van der Waals surface area contributed by atoms with Crippen LogP contribution in [0.4, 0.5) is 13.2 Å². The van der Waals surface area contributed by atoms with Gasteiger partial charge in [0.2, 0.25) is 6.41 Å². The average molecular weight is 513 g/mol. The van der Waals surface area contributed by atoms with Crippen molar-refractivity contribution in [2.75, 3.05) is 13.1 Å². The fourth-order valence-electron chi connectivity index (χ4n) is 3.71. The smallest absolute Gasteiger partial charge is 0.416 e. The molecule has 0 aliphatic rings. The van der Waals surface area contributed by atoms with Crippen LogP contribution in [-0.4, -0.2) is 37.3 Å². The Hall–Kier alpha value is -4.14. The van der Waals surface area contributed by atoms with Gasteiger partial charge in [0.25, 0.3) is 5.91 Å². The summed E-state index contributed by atoms with van der Waals surface area (Å²) in [6, 6.07) is 20.2. The molecule has 0 saturated carbocycles. The fourth-order valence-corrected chi connectivity index (χ4v) is 3.71. The van der Waals surface area contributed by atoms with E-state index in [1.54, 1.807) is 60.7 Å². The van der Waals surface area contributed by atoms with Gasteiger partial charge in [0.05, 0.1) is 17.7 Å². The van der Waals surface area contributed by atoms with Crippen LogP contribution in [0.15, 0.2) is 78.9 Å². The van der Waals surface area contributed by atoms with E-state index in [1.807, 2.05) is 0 Å². The van der Waals surface area contributed by atoms with Gasteiger partial charge in [0, 0.05) is 18.5 Å². The number of Topliss-reactive ketones (excluding diaryl/α,β-unsaturated/α-hetero) is 1. The first kappa shape index (κ1) is 27.4. The topological polar surface area (TPSA) is 84.5 Å². The number of halogens is 3. The van der Waals surface area contributed by atoms with Gasteiger partial charge in [-0.05, 0) is 36.6 Å². The number of alkyl halides is 3. The molecule has 6 nitrogen and oxygen atoms in total. The van der Waals surface area contributed by atoms with Gasteiger partial charge in [0.1, 0.15) is 11.9 Å². The summed E-state index contributed by atoms with van der Waals surface area (Å²) in [4.78, 5) is 35.9. The Kier molecular flexibility index (Phi) is 9.83. The number of ketones is 1. The van der Waals surface area contributed by atoms with Crippen molar-refractivity contribution in [2.24, 2.45) is 0 Å². The maximum absolute atomic E-state index is 13.1. The fraction of sp³-hybridized carbons (Fsp3) is 0.250. The molecule has 0 fully saturated rings. The molecular weight excluding hydrogens is 485 g/mol. The lowest BCUT2D eigenvalue weighted by Gasteiger charge is -2.21. The largest absolute Gasteiger partial charge is 0.490 e. The second-order valence-corrected chi connectivity index (χ2v) is 8.31. The van der Waals surface area contributed by atoms with Crippen LogP contribution in [0, 0.1) is 0 Å². The van der Waals surface area contributed by atoms with Crippen molar-refractivity contribution in [1.82, 2.24) is 10.6 Å². The zero-order chi connectivity index (χ0) is 26.7. The quantitative estimate of drug-likeness (QED) is 0.195. The molecule has 2 amide bonds. The molecule has 0 bridgehead atoms. The summed E-state index contributed by atoms with van der Waals surface area (Å²) in [6.45, 7) is 0.0934. The lowest BCUT2D eigenvalue weighted by molar-refractivity contribution is -0.137. The van der Waals surface area contributed by atoms with Crippen LogP contribution < -0.4 is 15.4 Å². The summed E-state index contributed by atoms with van der Waals surface area (Å²) in [5, 5.41) is 5.16. The minimum Gasteiger partial charge on any atom is -0.490 e. The number of ether oxygens (including phenoxy) is 1. The van der Waals surface area contributed by atoms with E-state index in [9.17, 15) is 27.6 Å². The number of rotatable bonds is 13. The van der Waals surface area contributed by atoms with E-state index in [0.717, 1.165) is 12.1 Å². The number of carbonyl (C=O) groups excluding carboxylic acids is 3. The van der Waals surface area contributed by atoms with Crippen molar-refractivity contribution in [3.05, 3.63) is 101 Å². The zero-order valence-electron chi connectivity index (χ0n) is 20.0. The number of para-hydroxylation sites is 1. The molecule has 0 aliphatic heterocycles. The Bertz CT molecular complexity index is 1200. The van der Waals surface area contributed by atoms with Gasteiger partial charge in [-0.1, -0.05) is 60.7 Å². The zero-order valence-corrected chi connectivity index (χ0v) is 20.0. The van der Waals surface area contributed by atoms with Gasteiger partial charge in [-0.25, -0.2) is 0 Å². The number of hydrogen-bond acceptors (Lipinski definition) is 4. The minimum absolute atomic E-state index is 0.195. The highest BCUT2D eigenvalue weighted by Gasteiger charge is 2.30. The van der Waals surface area contributed by atoms with Crippen molar-refractivity contribution >= 4 is 18.1 Å². The first-order valence-corrected chi connectivity index (χ1v) is 11.7. The highest BCUT2D eigenvalue weighted by atomic mass is 19.4. The summed E-state index contributed by atoms with van der Waals surface area (Å²) < 4.78 is 45.3. The molecule has 3 aromatic carbocycles. The molecule has 0 saturated heterocycles. The Labute approximate surface area is 212 Å². The van der Waals surface area contributed by atoms with Crippen LogP contribution in [-0.2, 0) is 17.4 Å². The number of benzene rings is 3. The SMILES string of the molecule is O=CNCCC(CCc1cccc(C(F)(F)F)c1)Oc1ccccc1C(=O)NCC(=O)c1ccccc1. The van der Waals surface area contributed by atoms with Crippen molar-refractivity contribution in [1.29, 1.82) is 0 Å². The second-order valence-electron chi connectivity index (χ2n) is 8.31. The summed E-state index contributed by atoms with van der Waals surface area (Å²) >= 11 is 0. The molecule has 0 aromatic heterocycles. The highest BCUT2D eigenvalue weighted by Crippen LogP contribution is 2.30. The third-order valence-electron chi connectivity index (χ3n) is 5.63. The second kappa shape index (κ2) is 13.2. The molecule has 2 N–H and O–H groups in total. The van der Waals surface area contributed by atoms with Crippen molar-refractivity contribution in [3.63, 3.8) is 0 Å². The molecule has 1 unspecified atom stereocenters. The summed E-state index contributed by atoms with van der Waals surface area (Å²) in [5.74, 6) is -0.471. The van der Waals surface area contributed by atoms with Crippen LogP contribution in [0.3, 0.4) is 0 Å². The van der Waals surface area contributed by atoms with Gasteiger partial charge < -0.3 is 15.4 Å². The van der Waals surface area contributed by atoms with Crippen LogP contribution in [0.2, 0.25) is 0 Å². The molecule has 0 aliphatic carbocycles. The Balaban J connectivity index is 1.69. The molecule has 0 spiro atoms. The molecular formula is C28H27F3N2O4.